The van der Waals surface area contributed by atoms with Crippen molar-refractivity contribution in [3.63, 3.8) is 0 Å². The third kappa shape index (κ3) is 3.76. The molecule has 2 nitrogen and oxygen atoms in total. The summed E-state index contributed by atoms with van der Waals surface area (Å²) in [6.45, 7) is 10.4. The molecule has 0 aliphatic carbocycles. The number of likely N-dealkylation sites (tertiary alicyclic amines) is 1. The van der Waals surface area contributed by atoms with Gasteiger partial charge in [0.05, 0.1) is 0 Å². The van der Waals surface area contributed by atoms with Crippen LogP contribution in [0.1, 0.15) is 52.9 Å². The lowest BCUT2D eigenvalue weighted by molar-refractivity contribution is 0.0423. The highest BCUT2D eigenvalue weighted by Gasteiger charge is 2.32. The maximum absolute atomic E-state index is 5.65. The van der Waals surface area contributed by atoms with Crippen molar-refractivity contribution < 1.29 is 0 Å². The van der Waals surface area contributed by atoms with Gasteiger partial charge in [-0.1, -0.05) is 13.3 Å². The first-order chi connectivity index (χ1) is 7.10. The van der Waals surface area contributed by atoms with E-state index in [0.29, 0.717) is 5.54 Å². The zero-order valence-corrected chi connectivity index (χ0v) is 10.8. The summed E-state index contributed by atoms with van der Waals surface area (Å²) in [5.41, 5.74) is 6.07. The Kier molecular flexibility index (Phi) is 5.07. The van der Waals surface area contributed by atoms with Crippen LogP contribution in [0.2, 0.25) is 0 Å². The van der Waals surface area contributed by atoms with Crippen LogP contribution in [0.15, 0.2) is 0 Å². The molecule has 1 aliphatic rings. The van der Waals surface area contributed by atoms with E-state index >= 15 is 0 Å². The second kappa shape index (κ2) is 5.86. The number of nitrogens with two attached hydrogens (primary N) is 1. The van der Waals surface area contributed by atoms with Gasteiger partial charge >= 0.3 is 0 Å². The molecule has 0 aromatic heterocycles. The van der Waals surface area contributed by atoms with E-state index in [9.17, 15) is 0 Å². The van der Waals surface area contributed by atoms with Crippen molar-refractivity contribution in [2.75, 3.05) is 19.6 Å². The SMILES string of the molecule is CCCCN1CC(CCN)CCC1(C)C. The van der Waals surface area contributed by atoms with Gasteiger partial charge in [0.25, 0.3) is 0 Å². The maximum atomic E-state index is 5.65. The first-order valence-corrected chi connectivity index (χ1v) is 6.55. The third-order valence-corrected chi connectivity index (χ3v) is 3.86. The van der Waals surface area contributed by atoms with E-state index < -0.39 is 0 Å². The second-order valence-corrected chi connectivity index (χ2v) is 5.59. The molecular formula is C13H28N2. The fraction of sp³-hybridized carbons (Fsp3) is 1.00. The highest BCUT2D eigenvalue weighted by molar-refractivity contribution is 4.88. The molecule has 2 N–H and O–H groups in total. The summed E-state index contributed by atoms with van der Waals surface area (Å²) >= 11 is 0. The van der Waals surface area contributed by atoms with Crippen molar-refractivity contribution in [3.8, 4) is 0 Å². The lowest BCUT2D eigenvalue weighted by Gasteiger charge is -2.46. The molecule has 1 fully saturated rings. The minimum Gasteiger partial charge on any atom is -0.330 e. The Hall–Kier alpha value is -0.0800. The molecule has 0 radical (unpaired) electrons. The molecule has 1 aliphatic heterocycles. The number of hydrogen-bond acceptors (Lipinski definition) is 2. The monoisotopic (exact) mass is 212 g/mol. The summed E-state index contributed by atoms with van der Waals surface area (Å²) in [6, 6.07) is 0. The number of unbranched alkanes of at least 4 members (excludes halogenated alkanes) is 1. The normalized spacial score (nSPS) is 26.8. The Bertz CT molecular complexity index is 177. The van der Waals surface area contributed by atoms with Crippen LogP contribution in [0.3, 0.4) is 0 Å². The summed E-state index contributed by atoms with van der Waals surface area (Å²) in [5.74, 6) is 0.847. The molecule has 0 saturated carbocycles. The highest BCUT2D eigenvalue weighted by atomic mass is 15.2. The minimum atomic E-state index is 0.417. The van der Waals surface area contributed by atoms with Gasteiger partial charge in [0.15, 0.2) is 0 Å². The van der Waals surface area contributed by atoms with E-state index in [4.69, 9.17) is 5.73 Å². The van der Waals surface area contributed by atoms with Gasteiger partial charge in [-0.25, -0.2) is 0 Å². The molecule has 0 spiro atoms. The standard InChI is InChI=1S/C13H28N2/c1-4-5-10-15-11-12(7-9-14)6-8-13(15,2)3/h12H,4-11,14H2,1-3H3. The predicted octanol–water partition coefficient (Wildman–Crippen LogP) is 2.63. The summed E-state index contributed by atoms with van der Waals surface area (Å²) in [6.07, 6.45) is 6.54. The van der Waals surface area contributed by atoms with Gasteiger partial charge < -0.3 is 5.73 Å². The molecule has 15 heavy (non-hydrogen) atoms. The molecule has 1 heterocycles. The smallest absolute Gasteiger partial charge is 0.0153 e. The lowest BCUT2D eigenvalue weighted by Crippen LogP contribution is -2.50. The number of nitrogens with zero attached hydrogens (tertiary/aromatic N) is 1. The lowest BCUT2D eigenvalue weighted by atomic mass is 9.83. The Morgan fingerprint density at radius 3 is 2.73 bits per heavy atom. The van der Waals surface area contributed by atoms with E-state index in [1.807, 2.05) is 0 Å². The summed E-state index contributed by atoms with van der Waals surface area (Å²) < 4.78 is 0. The van der Waals surface area contributed by atoms with Gasteiger partial charge in [-0.05, 0) is 58.5 Å². The molecule has 0 bridgehead atoms. The van der Waals surface area contributed by atoms with Gasteiger partial charge in [0.2, 0.25) is 0 Å². The quantitative estimate of drug-likeness (QED) is 0.759. The first kappa shape index (κ1) is 13.0. The van der Waals surface area contributed by atoms with Crippen molar-refractivity contribution in [2.24, 2.45) is 11.7 Å². The fourth-order valence-electron chi connectivity index (χ4n) is 2.58. The Morgan fingerprint density at radius 2 is 2.13 bits per heavy atom. The van der Waals surface area contributed by atoms with Crippen molar-refractivity contribution in [2.45, 2.75) is 58.4 Å². The molecule has 1 unspecified atom stereocenters. The maximum Gasteiger partial charge on any atom is 0.0153 e. The Labute approximate surface area is 95.2 Å². The molecule has 1 saturated heterocycles. The topological polar surface area (TPSA) is 29.3 Å². The second-order valence-electron chi connectivity index (χ2n) is 5.59. The Balaban J connectivity index is 2.46. The zero-order valence-electron chi connectivity index (χ0n) is 10.8. The molecular weight excluding hydrogens is 184 g/mol. The average Bonchev–Trinajstić information content (AvgIpc) is 2.19. The Morgan fingerprint density at radius 1 is 1.40 bits per heavy atom. The van der Waals surface area contributed by atoms with Crippen LogP contribution >= 0.6 is 0 Å². The summed E-state index contributed by atoms with van der Waals surface area (Å²) in [4.78, 5) is 2.68. The van der Waals surface area contributed by atoms with Crippen molar-refractivity contribution in [1.29, 1.82) is 0 Å². The third-order valence-electron chi connectivity index (χ3n) is 3.86. The van der Waals surface area contributed by atoms with Gasteiger partial charge in [-0.15, -0.1) is 0 Å². The highest BCUT2D eigenvalue weighted by Crippen LogP contribution is 2.31. The van der Waals surface area contributed by atoms with Crippen LogP contribution in [-0.4, -0.2) is 30.1 Å². The predicted molar refractivity (Wildman–Crippen MR) is 67.0 cm³/mol. The van der Waals surface area contributed by atoms with E-state index in [-0.39, 0.29) is 0 Å². The van der Waals surface area contributed by atoms with Crippen LogP contribution in [-0.2, 0) is 0 Å². The van der Waals surface area contributed by atoms with Crippen molar-refractivity contribution >= 4 is 0 Å². The molecule has 0 aromatic rings. The van der Waals surface area contributed by atoms with Crippen LogP contribution in [0.5, 0.6) is 0 Å². The van der Waals surface area contributed by atoms with Gasteiger partial charge in [-0.2, -0.15) is 0 Å². The molecule has 90 valence electrons. The minimum absolute atomic E-state index is 0.417. The largest absolute Gasteiger partial charge is 0.330 e. The van der Waals surface area contributed by atoms with E-state index in [1.165, 1.54) is 45.2 Å². The van der Waals surface area contributed by atoms with Gasteiger partial charge in [0, 0.05) is 12.1 Å². The van der Waals surface area contributed by atoms with Crippen LogP contribution in [0.25, 0.3) is 0 Å². The molecule has 2 heteroatoms. The van der Waals surface area contributed by atoms with Gasteiger partial charge in [-0.3, -0.25) is 4.90 Å². The van der Waals surface area contributed by atoms with E-state index in [2.05, 4.69) is 25.7 Å². The summed E-state index contributed by atoms with van der Waals surface area (Å²) in [5, 5.41) is 0. The van der Waals surface area contributed by atoms with Crippen LogP contribution < -0.4 is 5.73 Å². The van der Waals surface area contributed by atoms with Gasteiger partial charge in [0.1, 0.15) is 0 Å². The first-order valence-electron chi connectivity index (χ1n) is 6.55. The van der Waals surface area contributed by atoms with Crippen molar-refractivity contribution in [3.05, 3.63) is 0 Å². The number of hydrogen-bond donors (Lipinski definition) is 1. The van der Waals surface area contributed by atoms with Crippen molar-refractivity contribution in [1.82, 2.24) is 4.90 Å². The van der Waals surface area contributed by atoms with Crippen LogP contribution in [0, 0.1) is 5.92 Å². The van der Waals surface area contributed by atoms with E-state index in [0.717, 1.165) is 12.5 Å². The van der Waals surface area contributed by atoms with E-state index in [1.54, 1.807) is 0 Å². The fourth-order valence-corrected chi connectivity index (χ4v) is 2.58. The molecule has 1 rings (SSSR count). The molecule has 0 aromatic carbocycles. The number of piperidine rings is 1. The summed E-state index contributed by atoms with van der Waals surface area (Å²) in [7, 11) is 0. The number of rotatable bonds is 5. The molecule has 0 amide bonds. The van der Waals surface area contributed by atoms with Crippen LogP contribution in [0.4, 0.5) is 0 Å². The average molecular weight is 212 g/mol. The molecule has 1 atom stereocenters. The zero-order chi connectivity index (χ0) is 11.3.